The molecule has 0 saturated heterocycles. The van der Waals surface area contributed by atoms with Crippen LogP contribution in [0.4, 0.5) is 5.69 Å². The molecule has 1 heterocycles. The molecule has 0 saturated carbocycles. The number of pyridine rings is 1. The summed E-state index contributed by atoms with van der Waals surface area (Å²) in [5.41, 5.74) is -0.704. The second kappa shape index (κ2) is 7.61. The fourth-order valence-corrected chi connectivity index (χ4v) is 2.28. The van der Waals surface area contributed by atoms with Crippen molar-refractivity contribution in [3.63, 3.8) is 0 Å². The number of methoxy groups -OCH3 is 1. The van der Waals surface area contributed by atoms with Gasteiger partial charge in [0.25, 0.3) is 11.2 Å². The minimum Gasteiger partial charge on any atom is -0.491 e. The monoisotopic (exact) mass is 346 g/mol. The molecule has 0 N–H and O–H groups in total. The molecule has 2 aromatic rings. The van der Waals surface area contributed by atoms with Crippen LogP contribution in [-0.2, 0) is 11.3 Å². The fourth-order valence-electron chi connectivity index (χ4n) is 2.28. The summed E-state index contributed by atoms with van der Waals surface area (Å²) in [6.07, 6.45) is 1.09. The van der Waals surface area contributed by atoms with E-state index in [1.54, 1.807) is 24.3 Å². The Hall–Kier alpha value is -3.16. The van der Waals surface area contributed by atoms with E-state index in [2.05, 4.69) is 4.74 Å². The Kier molecular flexibility index (Phi) is 5.53. The molecule has 25 heavy (non-hydrogen) atoms. The Bertz CT molecular complexity index is 856. The first-order valence-electron chi connectivity index (χ1n) is 7.54. The highest BCUT2D eigenvalue weighted by Crippen LogP contribution is 2.17. The molecule has 2 rings (SSSR count). The summed E-state index contributed by atoms with van der Waals surface area (Å²) in [6.45, 7) is 3.83. The highest BCUT2D eigenvalue weighted by atomic mass is 16.6. The summed E-state index contributed by atoms with van der Waals surface area (Å²) in [5.74, 6) is -0.293. The van der Waals surface area contributed by atoms with Crippen molar-refractivity contribution < 1.29 is 19.2 Å². The largest absolute Gasteiger partial charge is 0.491 e. The van der Waals surface area contributed by atoms with Crippen LogP contribution in [0.1, 0.15) is 29.8 Å². The van der Waals surface area contributed by atoms with Crippen molar-refractivity contribution >= 4 is 11.7 Å². The van der Waals surface area contributed by atoms with Crippen LogP contribution in [-0.4, -0.2) is 28.7 Å². The summed E-state index contributed by atoms with van der Waals surface area (Å²) >= 11 is 0. The van der Waals surface area contributed by atoms with Gasteiger partial charge >= 0.3 is 5.97 Å². The Morgan fingerprint density at radius 2 is 2.04 bits per heavy atom. The number of hydrogen-bond donors (Lipinski definition) is 0. The molecule has 0 aliphatic heterocycles. The van der Waals surface area contributed by atoms with E-state index in [0.29, 0.717) is 11.3 Å². The molecule has 0 bridgehead atoms. The second-order valence-corrected chi connectivity index (χ2v) is 5.61. The minimum atomic E-state index is -0.917. The normalized spacial score (nSPS) is 10.6. The van der Waals surface area contributed by atoms with Crippen LogP contribution in [0.25, 0.3) is 0 Å². The number of nitro groups is 1. The van der Waals surface area contributed by atoms with Crippen molar-refractivity contribution in [1.82, 2.24) is 4.57 Å². The molecular weight excluding hydrogens is 328 g/mol. The molecule has 1 aromatic carbocycles. The first kappa shape index (κ1) is 18.2. The van der Waals surface area contributed by atoms with Gasteiger partial charge in [0.15, 0.2) is 0 Å². The van der Waals surface area contributed by atoms with Gasteiger partial charge in [-0.2, -0.15) is 0 Å². The Balaban J connectivity index is 2.45. The van der Waals surface area contributed by atoms with Crippen LogP contribution in [0.15, 0.2) is 41.3 Å². The SMILES string of the molecule is COC(=O)c1cc([N+](=O)[O-])cn(Cc2cccc(OC(C)C)c2)c1=O. The molecule has 0 radical (unpaired) electrons. The van der Waals surface area contributed by atoms with E-state index in [9.17, 15) is 19.7 Å². The molecule has 0 spiro atoms. The number of esters is 1. The number of rotatable bonds is 6. The standard InChI is InChI=1S/C17H18N2O6/c1-11(2)25-14-6-4-5-12(7-14)9-18-10-13(19(22)23)8-15(16(18)20)17(21)24-3/h4-8,10-11H,9H2,1-3H3. The lowest BCUT2D eigenvalue weighted by atomic mass is 10.2. The van der Waals surface area contributed by atoms with Crippen molar-refractivity contribution in [2.75, 3.05) is 7.11 Å². The maximum Gasteiger partial charge on any atom is 0.343 e. The molecule has 1 aromatic heterocycles. The Morgan fingerprint density at radius 3 is 2.64 bits per heavy atom. The summed E-state index contributed by atoms with van der Waals surface area (Å²) in [7, 11) is 1.11. The number of ether oxygens (including phenoxy) is 2. The smallest absolute Gasteiger partial charge is 0.343 e. The van der Waals surface area contributed by atoms with Gasteiger partial charge in [-0.1, -0.05) is 12.1 Å². The van der Waals surface area contributed by atoms with Gasteiger partial charge < -0.3 is 14.0 Å². The summed E-state index contributed by atoms with van der Waals surface area (Å²) < 4.78 is 11.2. The number of nitrogens with zero attached hydrogens (tertiary/aromatic N) is 2. The average molecular weight is 346 g/mol. The van der Waals surface area contributed by atoms with Crippen molar-refractivity contribution in [1.29, 1.82) is 0 Å². The van der Waals surface area contributed by atoms with E-state index >= 15 is 0 Å². The summed E-state index contributed by atoms with van der Waals surface area (Å²) in [6, 6.07) is 7.96. The van der Waals surface area contributed by atoms with E-state index in [-0.39, 0.29) is 23.9 Å². The molecular formula is C17H18N2O6. The van der Waals surface area contributed by atoms with Gasteiger partial charge in [-0.3, -0.25) is 14.9 Å². The van der Waals surface area contributed by atoms with Crippen molar-refractivity contribution in [3.05, 3.63) is 68.1 Å². The first-order chi connectivity index (χ1) is 11.8. The summed E-state index contributed by atoms with van der Waals surface area (Å²) in [5, 5.41) is 11.1. The van der Waals surface area contributed by atoms with Gasteiger partial charge in [-0.15, -0.1) is 0 Å². The maximum atomic E-state index is 12.4. The second-order valence-electron chi connectivity index (χ2n) is 5.61. The zero-order valence-corrected chi connectivity index (χ0v) is 14.1. The predicted octanol–water partition coefficient (Wildman–Crippen LogP) is 2.38. The minimum absolute atomic E-state index is 0.0123. The molecule has 8 heteroatoms. The van der Waals surface area contributed by atoms with Crippen molar-refractivity contribution in [3.8, 4) is 5.75 Å². The highest BCUT2D eigenvalue weighted by Gasteiger charge is 2.19. The average Bonchev–Trinajstić information content (AvgIpc) is 2.55. The third-order valence-corrected chi connectivity index (χ3v) is 3.31. The molecule has 8 nitrogen and oxygen atoms in total. The van der Waals surface area contributed by atoms with Gasteiger partial charge in [0.2, 0.25) is 0 Å². The zero-order chi connectivity index (χ0) is 18.6. The van der Waals surface area contributed by atoms with Crippen LogP contribution in [0, 0.1) is 10.1 Å². The van der Waals surface area contributed by atoms with Crippen LogP contribution in [0.5, 0.6) is 5.75 Å². The van der Waals surface area contributed by atoms with Crippen LogP contribution in [0.2, 0.25) is 0 Å². The van der Waals surface area contributed by atoms with E-state index in [0.717, 1.165) is 23.9 Å². The van der Waals surface area contributed by atoms with Crippen molar-refractivity contribution in [2.45, 2.75) is 26.5 Å². The van der Waals surface area contributed by atoms with Crippen LogP contribution in [0.3, 0.4) is 0 Å². The van der Waals surface area contributed by atoms with Gasteiger partial charge in [-0.25, -0.2) is 4.79 Å². The predicted molar refractivity (Wildman–Crippen MR) is 90.0 cm³/mol. The van der Waals surface area contributed by atoms with E-state index in [1.807, 2.05) is 13.8 Å². The molecule has 0 aliphatic carbocycles. The molecule has 0 aliphatic rings. The fraction of sp³-hybridized carbons (Fsp3) is 0.294. The third kappa shape index (κ3) is 4.43. The quantitative estimate of drug-likeness (QED) is 0.452. The lowest BCUT2D eigenvalue weighted by Crippen LogP contribution is -2.27. The van der Waals surface area contributed by atoms with Gasteiger partial charge in [0, 0.05) is 6.07 Å². The molecule has 0 fully saturated rings. The topological polar surface area (TPSA) is 101 Å². The van der Waals surface area contributed by atoms with Crippen molar-refractivity contribution in [2.24, 2.45) is 0 Å². The Labute approximate surface area is 143 Å². The lowest BCUT2D eigenvalue weighted by molar-refractivity contribution is -0.385. The molecule has 0 amide bonds. The van der Waals surface area contributed by atoms with Crippen LogP contribution >= 0.6 is 0 Å². The zero-order valence-electron chi connectivity index (χ0n) is 14.1. The van der Waals surface area contributed by atoms with Gasteiger partial charge in [0.1, 0.15) is 11.3 Å². The first-order valence-corrected chi connectivity index (χ1v) is 7.54. The molecule has 0 atom stereocenters. The third-order valence-electron chi connectivity index (χ3n) is 3.31. The molecule has 0 unspecified atom stereocenters. The highest BCUT2D eigenvalue weighted by molar-refractivity contribution is 5.89. The van der Waals surface area contributed by atoms with Gasteiger partial charge in [0.05, 0.1) is 30.9 Å². The number of benzene rings is 1. The number of carbonyl (C=O) groups is 1. The lowest BCUT2D eigenvalue weighted by Gasteiger charge is -2.12. The van der Waals surface area contributed by atoms with Gasteiger partial charge in [-0.05, 0) is 31.5 Å². The molecule has 132 valence electrons. The number of carbonyl (C=O) groups excluding carboxylic acids is 1. The van der Waals surface area contributed by atoms with E-state index < -0.39 is 16.5 Å². The number of aromatic nitrogens is 1. The maximum absolute atomic E-state index is 12.4. The summed E-state index contributed by atoms with van der Waals surface area (Å²) in [4.78, 5) is 34.5. The number of hydrogen-bond acceptors (Lipinski definition) is 6. The Morgan fingerprint density at radius 1 is 1.32 bits per heavy atom. The van der Waals surface area contributed by atoms with E-state index in [4.69, 9.17) is 4.74 Å². The van der Waals surface area contributed by atoms with Crippen LogP contribution < -0.4 is 10.3 Å². The van der Waals surface area contributed by atoms with E-state index in [1.165, 1.54) is 0 Å².